The van der Waals surface area contributed by atoms with Crippen LogP contribution in [0.1, 0.15) is 70.8 Å². The molecule has 3 aliphatic rings. The number of primary amides is 1. The van der Waals surface area contributed by atoms with Crippen LogP contribution in [-0.2, 0) is 40.0 Å². The number of aliphatic carboxylic acids is 1. The highest BCUT2D eigenvalue weighted by Crippen LogP contribution is 2.33. The molecule has 0 aromatic heterocycles. The summed E-state index contributed by atoms with van der Waals surface area (Å²) in [7, 11) is 0. The summed E-state index contributed by atoms with van der Waals surface area (Å²) in [5.74, 6) is -4.73. The third-order valence-corrected chi connectivity index (χ3v) is 9.44. The third kappa shape index (κ3) is 9.25. The standard InChI is InChI=1S/C33H47N7O9/c1-17(2)15-24(28(35)44)38-29(45)22(10-12-27(42)43)36-30(46)25-11-6-19-5-9-23(33(49)40(19)25)37-31(47)26(39-14-13-21(34)32(39)48)16-18-3-7-20(41)8-4-18/h3-4,7-8,17,19,21-26,41H,5-6,9-16,34H2,1-2H3,(H2,35,44)(H,36,46)(H,37,47)(H,38,45)(H,42,43)/t19-,21+,22-,23-,24-,25-,26-/m1/s1. The monoisotopic (exact) mass is 685 g/mol. The van der Waals surface area contributed by atoms with Gasteiger partial charge < -0.3 is 47.4 Å². The Bertz CT molecular complexity index is 1440. The van der Waals surface area contributed by atoms with Gasteiger partial charge in [-0.1, -0.05) is 26.0 Å². The van der Waals surface area contributed by atoms with Gasteiger partial charge in [0.25, 0.3) is 0 Å². The number of likely N-dealkylation sites (tertiary alicyclic amines) is 1. The molecule has 3 aliphatic heterocycles. The Morgan fingerprint density at radius 1 is 0.918 bits per heavy atom. The lowest BCUT2D eigenvalue weighted by molar-refractivity contribution is -0.147. The van der Waals surface area contributed by atoms with Crippen LogP contribution in [0.3, 0.4) is 0 Å². The maximum atomic E-state index is 13.9. The summed E-state index contributed by atoms with van der Waals surface area (Å²) in [5, 5.41) is 26.9. The van der Waals surface area contributed by atoms with E-state index in [1.807, 2.05) is 13.8 Å². The highest BCUT2D eigenvalue weighted by atomic mass is 16.4. The molecule has 3 heterocycles. The fourth-order valence-corrected chi connectivity index (χ4v) is 6.85. The lowest BCUT2D eigenvalue weighted by atomic mass is 9.97. The number of nitrogens with zero attached hydrogens (tertiary/aromatic N) is 2. The van der Waals surface area contributed by atoms with Crippen LogP contribution in [0.4, 0.5) is 0 Å². The Hall–Kier alpha value is -4.73. The first kappa shape index (κ1) is 37.1. The quantitative estimate of drug-likeness (QED) is 0.117. The fraction of sp³-hybridized carbons (Fsp3) is 0.606. The highest BCUT2D eigenvalue weighted by molar-refractivity contribution is 5.97. The molecule has 16 heteroatoms. The first-order valence-corrected chi connectivity index (χ1v) is 16.7. The zero-order valence-corrected chi connectivity index (χ0v) is 27.8. The molecule has 4 rings (SSSR count). The van der Waals surface area contributed by atoms with Crippen LogP contribution >= 0.6 is 0 Å². The van der Waals surface area contributed by atoms with Crippen LogP contribution in [-0.4, -0.2) is 110 Å². The van der Waals surface area contributed by atoms with Crippen molar-refractivity contribution >= 4 is 41.4 Å². The maximum Gasteiger partial charge on any atom is 0.303 e. The van der Waals surface area contributed by atoms with E-state index >= 15 is 0 Å². The smallest absolute Gasteiger partial charge is 0.303 e. The Balaban J connectivity index is 1.47. The lowest BCUT2D eigenvalue weighted by Crippen LogP contribution is -2.62. The topological polar surface area (TPSA) is 255 Å². The van der Waals surface area contributed by atoms with E-state index in [0.717, 1.165) is 0 Å². The normalized spacial score (nSPS) is 23.8. The van der Waals surface area contributed by atoms with Gasteiger partial charge in [0.05, 0.1) is 6.04 Å². The van der Waals surface area contributed by atoms with Gasteiger partial charge in [0.15, 0.2) is 0 Å². The molecule has 3 fully saturated rings. The second kappa shape index (κ2) is 16.1. The maximum absolute atomic E-state index is 13.9. The largest absolute Gasteiger partial charge is 0.508 e. The van der Waals surface area contributed by atoms with E-state index in [1.54, 1.807) is 12.1 Å². The summed E-state index contributed by atoms with van der Waals surface area (Å²) in [6.45, 7) is 3.94. The van der Waals surface area contributed by atoms with E-state index in [2.05, 4.69) is 16.0 Å². The van der Waals surface area contributed by atoms with Crippen molar-refractivity contribution in [2.24, 2.45) is 17.4 Å². The van der Waals surface area contributed by atoms with Crippen molar-refractivity contribution in [3.8, 4) is 5.75 Å². The molecule has 0 spiro atoms. The van der Waals surface area contributed by atoms with Crippen molar-refractivity contribution in [1.29, 1.82) is 0 Å². The molecule has 0 radical (unpaired) electrons. The first-order valence-electron chi connectivity index (χ1n) is 16.7. The van der Waals surface area contributed by atoms with E-state index < -0.39 is 78.2 Å². The zero-order valence-electron chi connectivity index (χ0n) is 27.8. The van der Waals surface area contributed by atoms with E-state index in [4.69, 9.17) is 11.5 Å². The minimum atomic E-state index is -1.31. The van der Waals surface area contributed by atoms with Crippen LogP contribution < -0.4 is 27.4 Å². The van der Waals surface area contributed by atoms with Crippen LogP contribution in [0.15, 0.2) is 24.3 Å². The molecule has 6 amide bonds. The number of carbonyl (C=O) groups excluding carboxylic acids is 6. The summed E-state index contributed by atoms with van der Waals surface area (Å²) in [5.41, 5.74) is 12.1. The van der Waals surface area contributed by atoms with Crippen molar-refractivity contribution in [2.45, 2.75) is 114 Å². The first-order chi connectivity index (χ1) is 23.2. The summed E-state index contributed by atoms with van der Waals surface area (Å²) in [6.07, 6.45) is 1.65. The molecule has 0 bridgehead atoms. The Kier molecular flexibility index (Phi) is 12.2. The number of nitrogens with two attached hydrogens (primary N) is 2. The van der Waals surface area contributed by atoms with Gasteiger partial charge in [-0.05, 0) is 68.6 Å². The average molecular weight is 686 g/mol. The number of amides is 6. The molecule has 7 atom stereocenters. The lowest BCUT2D eigenvalue weighted by Gasteiger charge is -2.39. The molecule has 49 heavy (non-hydrogen) atoms. The third-order valence-electron chi connectivity index (χ3n) is 9.44. The molecule has 1 aromatic carbocycles. The number of phenolic OH excluding ortho intramolecular Hbond substituents is 1. The summed E-state index contributed by atoms with van der Waals surface area (Å²) in [6, 6.07) is -0.0521. The summed E-state index contributed by atoms with van der Waals surface area (Å²) in [4.78, 5) is 93.4. The molecule has 268 valence electrons. The summed E-state index contributed by atoms with van der Waals surface area (Å²) < 4.78 is 0. The van der Waals surface area contributed by atoms with Crippen LogP contribution in [0.2, 0.25) is 0 Å². The van der Waals surface area contributed by atoms with Crippen LogP contribution in [0.5, 0.6) is 5.75 Å². The van der Waals surface area contributed by atoms with Crippen LogP contribution in [0, 0.1) is 5.92 Å². The molecule has 1 aromatic rings. The van der Waals surface area contributed by atoms with Gasteiger partial charge in [-0.15, -0.1) is 0 Å². The van der Waals surface area contributed by atoms with E-state index in [1.165, 1.54) is 21.9 Å². The van der Waals surface area contributed by atoms with Gasteiger partial charge in [0.2, 0.25) is 35.4 Å². The molecule has 0 unspecified atom stereocenters. The van der Waals surface area contributed by atoms with E-state index in [-0.39, 0.29) is 55.8 Å². The predicted molar refractivity (Wildman–Crippen MR) is 174 cm³/mol. The number of fused-ring (bicyclic) bond motifs is 1. The summed E-state index contributed by atoms with van der Waals surface area (Å²) >= 11 is 0. The number of aromatic hydroxyl groups is 1. The number of benzene rings is 1. The SMILES string of the molecule is CC(C)C[C@@H](NC(=O)[C@@H](CCC(=O)O)NC(=O)[C@H]1CC[C@H]2CC[C@@H](NC(=O)[C@@H](Cc3ccc(O)cc3)N3CC[C@H](N)C3=O)C(=O)N21)C(N)=O. The number of carbonyl (C=O) groups is 7. The van der Waals surface area contributed by atoms with Crippen molar-refractivity contribution in [3.05, 3.63) is 29.8 Å². The Morgan fingerprint density at radius 3 is 2.18 bits per heavy atom. The molecule has 9 N–H and O–H groups in total. The predicted octanol–water partition coefficient (Wildman–Crippen LogP) is -1.13. The van der Waals surface area contributed by atoms with E-state index in [9.17, 15) is 43.8 Å². The fourth-order valence-electron chi connectivity index (χ4n) is 6.85. The van der Waals surface area contributed by atoms with Gasteiger partial charge in [0.1, 0.15) is 36.0 Å². The number of phenols is 1. The minimum Gasteiger partial charge on any atom is -0.508 e. The Morgan fingerprint density at radius 2 is 1.59 bits per heavy atom. The zero-order chi connectivity index (χ0) is 36.0. The van der Waals surface area contributed by atoms with Gasteiger partial charge in [-0.25, -0.2) is 0 Å². The number of nitrogens with one attached hydrogen (secondary N) is 3. The number of piperidine rings is 1. The van der Waals surface area contributed by atoms with Gasteiger partial charge in [0, 0.05) is 25.4 Å². The number of rotatable bonds is 15. The van der Waals surface area contributed by atoms with Crippen molar-refractivity contribution in [2.75, 3.05) is 6.54 Å². The van der Waals surface area contributed by atoms with Gasteiger partial charge >= 0.3 is 5.97 Å². The minimum absolute atomic E-state index is 0.00957. The van der Waals surface area contributed by atoms with Crippen LogP contribution in [0.25, 0.3) is 0 Å². The van der Waals surface area contributed by atoms with Crippen molar-refractivity contribution < 1.29 is 43.8 Å². The average Bonchev–Trinajstić information content (AvgIpc) is 3.62. The number of carboxylic acids is 1. The molecule has 3 saturated heterocycles. The second-order valence-electron chi connectivity index (χ2n) is 13.5. The molecule has 16 nitrogen and oxygen atoms in total. The molecular weight excluding hydrogens is 638 g/mol. The van der Waals surface area contributed by atoms with Crippen molar-refractivity contribution in [1.82, 2.24) is 25.8 Å². The Labute approximate surface area is 284 Å². The number of carboxylic acid groups (broad SMARTS) is 1. The molecule has 0 aliphatic carbocycles. The molecular formula is C33H47N7O9. The van der Waals surface area contributed by atoms with Gasteiger partial charge in [-0.2, -0.15) is 0 Å². The van der Waals surface area contributed by atoms with Gasteiger partial charge in [-0.3, -0.25) is 33.6 Å². The van der Waals surface area contributed by atoms with Crippen molar-refractivity contribution in [3.63, 3.8) is 0 Å². The van der Waals surface area contributed by atoms with E-state index in [0.29, 0.717) is 31.2 Å². The highest BCUT2D eigenvalue weighted by Gasteiger charge is 2.48. The number of hydrogen-bond donors (Lipinski definition) is 7. The second-order valence-corrected chi connectivity index (χ2v) is 13.5. The molecule has 0 saturated carbocycles. The number of hydrogen-bond acceptors (Lipinski definition) is 9.